The molecule has 1 fully saturated rings. The Balaban J connectivity index is 2.23. The van der Waals surface area contributed by atoms with Crippen molar-refractivity contribution in [2.75, 3.05) is 6.61 Å². The van der Waals surface area contributed by atoms with E-state index in [1.54, 1.807) is 0 Å². The zero-order valence-corrected chi connectivity index (χ0v) is 13.1. The van der Waals surface area contributed by atoms with Gasteiger partial charge in [-0.25, -0.2) is 0 Å². The molecule has 1 aromatic heterocycles. The third-order valence-corrected chi connectivity index (χ3v) is 4.04. The van der Waals surface area contributed by atoms with E-state index >= 15 is 0 Å². The lowest BCUT2D eigenvalue weighted by molar-refractivity contribution is -0.0203. The van der Waals surface area contributed by atoms with Gasteiger partial charge in [-0.3, -0.25) is 0 Å². The Morgan fingerprint density at radius 1 is 1.45 bits per heavy atom. The average molecular weight is 277 g/mol. The maximum Gasteiger partial charge on any atom is 0.231 e. The minimum atomic E-state index is -0.201. The lowest BCUT2D eigenvalue weighted by atomic mass is 9.88. The molecule has 0 radical (unpaired) electrons. The van der Waals surface area contributed by atoms with Crippen LogP contribution in [-0.4, -0.2) is 16.7 Å². The maximum absolute atomic E-state index is 9.14. The molecule has 20 heavy (non-hydrogen) atoms. The highest BCUT2D eigenvalue weighted by atomic mass is 16.5. The Kier molecular flexibility index (Phi) is 3.64. The summed E-state index contributed by atoms with van der Waals surface area (Å²) in [4.78, 5) is 4.50. The molecule has 110 valence electrons. The lowest BCUT2D eigenvalue weighted by Crippen LogP contribution is -2.22. The summed E-state index contributed by atoms with van der Waals surface area (Å²) in [5.41, 5.74) is -0.188. The van der Waals surface area contributed by atoms with Crippen LogP contribution in [0.1, 0.15) is 65.3 Å². The molecular weight excluding hydrogens is 254 g/mol. The molecule has 5 nitrogen and oxygen atoms in total. The monoisotopic (exact) mass is 277 g/mol. The number of nitrogens with zero attached hydrogens (tertiary/aromatic N) is 3. The fourth-order valence-electron chi connectivity index (χ4n) is 2.70. The summed E-state index contributed by atoms with van der Waals surface area (Å²) < 4.78 is 11.1. The molecule has 0 bridgehead atoms. The highest BCUT2D eigenvalue weighted by Gasteiger charge is 2.62. The van der Waals surface area contributed by atoms with Crippen molar-refractivity contribution < 1.29 is 9.26 Å². The van der Waals surface area contributed by atoms with Crippen molar-refractivity contribution in [3.05, 3.63) is 11.7 Å². The zero-order valence-electron chi connectivity index (χ0n) is 13.1. The second kappa shape index (κ2) is 4.85. The summed E-state index contributed by atoms with van der Waals surface area (Å²) in [5.74, 6) is 1.13. The normalized spacial score (nSPS) is 26.1. The van der Waals surface area contributed by atoms with Gasteiger partial charge in [0.25, 0.3) is 0 Å². The fraction of sp³-hybridized carbons (Fsp3) is 0.800. The van der Waals surface area contributed by atoms with Crippen LogP contribution in [0.25, 0.3) is 0 Å². The van der Waals surface area contributed by atoms with Crippen LogP contribution in [-0.2, 0) is 4.74 Å². The molecule has 1 saturated carbocycles. The van der Waals surface area contributed by atoms with Crippen molar-refractivity contribution in [1.82, 2.24) is 10.1 Å². The second-order valence-corrected chi connectivity index (χ2v) is 7.10. The quantitative estimate of drug-likeness (QED) is 0.842. The first-order valence-corrected chi connectivity index (χ1v) is 7.08. The molecule has 5 heteroatoms. The van der Waals surface area contributed by atoms with E-state index in [4.69, 9.17) is 14.5 Å². The summed E-state index contributed by atoms with van der Waals surface area (Å²) >= 11 is 0. The van der Waals surface area contributed by atoms with Crippen LogP contribution < -0.4 is 0 Å². The first kappa shape index (κ1) is 15.0. The van der Waals surface area contributed by atoms with Crippen molar-refractivity contribution in [2.45, 2.75) is 53.6 Å². The van der Waals surface area contributed by atoms with Crippen LogP contribution >= 0.6 is 0 Å². The topological polar surface area (TPSA) is 71.9 Å². The fourth-order valence-corrected chi connectivity index (χ4v) is 2.70. The van der Waals surface area contributed by atoms with Gasteiger partial charge in [0.15, 0.2) is 0 Å². The van der Waals surface area contributed by atoms with E-state index in [-0.39, 0.29) is 28.8 Å². The van der Waals surface area contributed by atoms with Crippen molar-refractivity contribution in [1.29, 1.82) is 5.26 Å². The Bertz CT molecular complexity index is 522. The Morgan fingerprint density at radius 3 is 2.55 bits per heavy atom. The van der Waals surface area contributed by atoms with Crippen LogP contribution in [0.5, 0.6) is 0 Å². The minimum absolute atomic E-state index is 0.0380. The second-order valence-electron chi connectivity index (χ2n) is 7.10. The predicted molar refractivity (Wildman–Crippen MR) is 73.7 cm³/mol. The molecule has 1 aliphatic rings. The SMILES string of the molecule is CCOC(c1noc(C2C(C#N)C2(C)C)n1)C(C)(C)C. The minimum Gasteiger partial charge on any atom is -0.370 e. The van der Waals surface area contributed by atoms with E-state index in [0.29, 0.717) is 18.3 Å². The van der Waals surface area contributed by atoms with Gasteiger partial charge in [0.1, 0.15) is 6.10 Å². The zero-order chi connectivity index (χ0) is 15.1. The van der Waals surface area contributed by atoms with Gasteiger partial charge in [0.05, 0.1) is 17.9 Å². The third kappa shape index (κ3) is 2.45. The molecular formula is C15H23N3O2. The van der Waals surface area contributed by atoms with E-state index in [9.17, 15) is 0 Å². The predicted octanol–water partition coefficient (Wildman–Crippen LogP) is 3.46. The van der Waals surface area contributed by atoms with E-state index < -0.39 is 0 Å². The molecule has 0 N–H and O–H groups in total. The molecule has 1 aliphatic carbocycles. The number of nitriles is 1. The summed E-state index contributed by atoms with van der Waals surface area (Å²) in [6.45, 7) is 12.9. The Hall–Kier alpha value is -1.41. The van der Waals surface area contributed by atoms with Gasteiger partial charge < -0.3 is 9.26 Å². The largest absolute Gasteiger partial charge is 0.370 e. The molecule has 0 amide bonds. The highest BCUT2D eigenvalue weighted by molar-refractivity contribution is 5.26. The molecule has 0 aromatic carbocycles. The van der Waals surface area contributed by atoms with Crippen molar-refractivity contribution in [3.63, 3.8) is 0 Å². The van der Waals surface area contributed by atoms with Gasteiger partial charge in [-0.2, -0.15) is 10.2 Å². The molecule has 2 rings (SSSR count). The first-order chi connectivity index (χ1) is 9.23. The standard InChI is InChI=1S/C15H23N3O2/c1-7-19-11(14(2,3)4)12-17-13(20-18-12)10-9(8-16)15(10,5)6/h9-11H,7H2,1-6H3. The van der Waals surface area contributed by atoms with Gasteiger partial charge in [0.2, 0.25) is 11.7 Å². The van der Waals surface area contributed by atoms with Crippen molar-refractivity contribution in [2.24, 2.45) is 16.7 Å². The average Bonchev–Trinajstić information content (AvgIpc) is 2.71. The number of hydrogen-bond donors (Lipinski definition) is 0. The molecule has 1 aromatic rings. The lowest BCUT2D eigenvalue weighted by Gasteiger charge is -2.27. The van der Waals surface area contributed by atoms with E-state index in [0.717, 1.165) is 0 Å². The Labute approximate surface area is 120 Å². The Morgan fingerprint density at radius 2 is 2.10 bits per heavy atom. The van der Waals surface area contributed by atoms with E-state index in [2.05, 4.69) is 50.8 Å². The molecule has 0 aliphatic heterocycles. The van der Waals surface area contributed by atoms with Crippen LogP contribution in [0.15, 0.2) is 4.52 Å². The van der Waals surface area contributed by atoms with E-state index in [1.807, 2.05) is 6.92 Å². The molecule has 3 atom stereocenters. The van der Waals surface area contributed by atoms with E-state index in [1.165, 1.54) is 0 Å². The smallest absolute Gasteiger partial charge is 0.231 e. The van der Waals surface area contributed by atoms with Gasteiger partial charge in [-0.15, -0.1) is 0 Å². The highest BCUT2D eigenvalue weighted by Crippen LogP contribution is 2.63. The molecule has 0 spiro atoms. The number of aromatic nitrogens is 2. The van der Waals surface area contributed by atoms with Gasteiger partial charge in [-0.1, -0.05) is 39.8 Å². The summed E-state index contributed by atoms with van der Waals surface area (Å²) in [5, 5.41) is 13.2. The van der Waals surface area contributed by atoms with Crippen LogP contribution in [0.4, 0.5) is 0 Å². The number of hydrogen-bond acceptors (Lipinski definition) is 5. The maximum atomic E-state index is 9.14. The summed E-state index contributed by atoms with van der Waals surface area (Å²) in [7, 11) is 0. The summed E-state index contributed by atoms with van der Waals surface area (Å²) in [6.07, 6.45) is -0.201. The molecule has 3 unspecified atom stereocenters. The van der Waals surface area contributed by atoms with Crippen LogP contribution in [0, 0.1) is 28.1 Å². The van der Waals surface area contributed by atoms with Crippen LogP contribution in [0.2, 0.25) is 0 Å². The number of ether oxygens (including phenoxy) is 1. The third-order valence-electron chi connectivity index (χ3n) is 4.04. The molecule has 0 saturated heterocycles. The van der Waals surface area contributed by atoms with Gasteiger partial charge >= 0.3 is 0 Å². The van der Waals surface area contributed by atoms with Crippen molar-refractivity contribution in [3.8, 4) is 6.07 Å². The van der Waals surface area contributed by atoms with Crippen molar-refractivity contribution >= 4 is 0 Å². The first-order valence-electron chi connectivity index (χ1n) is 7.08. The molecule has 1 heterocycles. The van der Waals surface area contributed by atoms with Crippen LogP contribution in [0.3, 0.4) is 0 Å². The van der Waals surface area contributed by atoms with Gasteiger partial charge in [0, 0.05) is 6.61 Å². The van der Waals surface area contributed by atoms with Gasteiger partial charge in [-0.05, 0) is 17.8 Å². The number of rotatable bonds is 4. The summed E-state index contributed by atoms with van der Waals surface area (Å²) in [6, 6.07) is 2.31.